The van der Waals surface area contributed by atoms with E-state index >= 15 is 0 Å². The molecule has 2 aliphatic heterocycles. The number of hydrogen-bond donors (Lipinski definition) is 1. The molecule has 0 aromatic heterocycles. The van der Waals surface area contributed by atoms with Gasteiger partial charge >= 0.3 is 6.18 Å². The number of unbranched alkanes of at least 4 members (excludes halogenated alkanes) is 1. The molecular formula is C23H33F3N4O2. The molecule has 0 aliphatic carbocycles. The van der Waals surface area contributed by atoms with Gasteiger partial charge in [0.05, 0.1) is 5.56 Å². The third-order valence-electron chi connectivity index (χ3n) is 6.41. The first-order valence-corrected chi connectivity index (χ1v) is 11.4. The molecule has 0 saturated carbocycles. The SMILES string of the molecule is CN1CCN(CCCCNC(=O)C2CCN(C(=O)c3ccc(C(F)(F)F)cc3)CC2)CC1. The summed E-state index contributed by atoms with van der Waals surface area (Å²) in [6.07, 6.45) is -1.27. The van der Waals surface area contributed by atoms with Crippen molar-refractivity contribution in [2.45, 2.75) is 31.9 Å². The zero-order valence-corrected chi connectivity index (χ0v) is 18.7. The van der Waals surface area contributed by atoms with E-state index in [2.05, 4.69) is 22.2 Å². The van der Waals surface area contributed by atoms with Gasteiger partial charge in [0.25, 0.3) is 5.91 Å². The highest BCUT2D eigenvalue weighted by Gasteiger charge is 2.31. The second-order valence-electron chi connectivity index (χ2n) is 8.78. The van der Waals surface area contributed by atoms with Crippen LogP contribution < -0.4 is 5.32 Å². The molecule has 0 radical (unpaired) electrons. The van der Waals surface area contributed by atoms with Gasteiger partial charge in [0, 0.05) is 57.3 Å². The maximum atomic E-state index is 12.7. The van der Waals surface area contributed by atoms with Crippen LogP contribution in [0.15, 0.2) is 24.3 Å². The number of benzene rings is 1. The summed E-state index contributed by atoms with van der Waals surface area (Å²) in [6, 6.07) is 4.28. The third kappa shape index (κ3) is 6.93. The molecule has 6 nitrogen and oxygen atoms in total. The Labute approximate surface area is 187 Å². The fourth-order valence-electron chi connectivity index (χ4n) is 4.22. The minimum absolute atomic E-state index is 0.0335. The van der Waals surface area contributed by atoms with Crippen LogP contribution in [0.3, 0.4) is 0 Å². The minimum Gasteiger partial charge on any atom is -0.356 e. The Morgan fingerprint density at radius 3 is 2.19 bits per heavy atom. The summed E-state index contributed by atoms with van der Waals surface area (Å²) in [4.78, 5) is 31.4. The maximum absolute atomic E-state index is 12.7. The Bertz CT molecular complexity index is 754. The first-order chi connectivity index (χ1) is 15.2. The summed E-state index contributed by atoms with van der Waals surface area (Å²) in [6.45, 7) is 7.01. The highest BCUT2D eigenvalue weighted by molar-refractivity contribution is 5.94. The minimum atomic E-state index is -4.42. The number of likely N-dealkylation sites (N-methyl/N-ethyl adjacent to an activating group) is 1. The van der Waals surface area contributed by atoms with Crippen LogP contribution in [0.2, 0.25) is 0 Å². The van der Waals surface area contributed by atoms with Gasteiger partial charge in [-0.05, 0) is 63.5 Å². The highest BCUT2D eigenvalue weighted by Crippen LogP contribution is 2.29. The molecule has 2 saturated heterocycles. The zero-order chi connectivity index (χ0) is 23.1. The fourth-order valence-corrected chi connectivity index (χ4v) is 4.22. The highest BCUT2D eigenvalue weighted by atomic mass is 19.4. The van der Waals surface area contributed by atoms with Crippen LogP contribution in [0.4, 0.5) is 13.2 Å². The van der Waals surface area contributed by atoms with E-state index in [4.69, 9.17) is 0 Å². The van der Waals surface area contributed by atoms with Crippen molar-refractivity contribution in [1.82, 2.24) is 20.0 Å². The maximum Gasteiger partial charge on any atom is 0.416 e. The number of amides is 2. The Hall–Kier alpha value is -2.13. The van der Waals surface area contributed by atoms with Crippen LogP contribution in [0.5, 0.6) is 0 Å². The first kappa shape index (κ1) is 24.5. The van der Waals surface area contributed by atoms with Gasteiger partial charge in [0.1, 0.15) is 0 Å². The lowest BCUT2D eigenvalue weighted by molar-refractivity contribution is -0.137. The van der Waals surface area contributed by atoms with Crippen LogP contribution in [0, 0.1) is 5.92 Å². The van der Waals surface area contributed by atoms with Crippen molar-refractivity contribution in [3.8, 4) is 0 Å². The van der Waals surface area contributed by atoms with Gasteiger partial charge in [0.2, 0.25) is 5.91 Å². The third-order valence-corrected chi connectivity index (χ3v) is 6.41. The quantitative estimate of drug-likeness (QED) is 0.644. The number of nitrogens with zero attached hydrogens (tertiary/aromatic N) is 3. The Kier molecular flexibility index (Phi) is 8.53. The van der Waals surface area contributed by atoms with Crippen LogP contribution in [-0.2, 0) is 11.0 Å². The summed E-state index contributed by atoms with van der Waals surface area (Å²) in [5, 5.41) is 3.02. The number of rotatable bonds is 7. The molecule has 0 bridgehead atoms. The lowest BCUT2D eigenvalue weighted by atomic mass is 9.95. The van der Waals surface area contributed by atoms with Crippen molar-refractivity contribution in [2.24, 2.45) is 5.92 Å². The van der Waals surface area contributed by atoms with Crippen molar-refractivity contribution in [3.63, 3.8) is 0 Å². The van der Waals surface area contributed by atoms with E-state index in [1.54, 1.807) is 4.90 Å². The molecule has 1 N–H and O–H groups in total. The van der Waals surface area contributed by atoms with Crippen molar-refractivity contribution in [1.29, 1.82) is 0 Å². The molecule has 9 heteroatoms. The van der Waals surface area contributed by atoms with E-state index < -0.39 is 11.7 Å². The molecule has 3 rings (SSSR count). The normalized spacial score (nSPS) is 19.2. The number of halogens is 3. The van der Waals surface area contributed by atoms with Gasteiger partial charge in [-0.3, -0.25) is 9.59 Å². The van der Waals surface area contributed by atoms with Crippen molar-refractivity contribution in [2.75, 3.05) is 59.4 Å². The van der Waals surface area contributed by atoms with Gasteiger partial charge < -0.3 is 20.0 Å². The second-order valence-corrected chi connectivity index (χ2v) is 8.78. The second kappa shape index (κ2) is 11.1. The smallest absolute Gasteiger partial charge is 0.356 e. The number of nitrogens with one attached hydrogen (secondary N) is 1. The molecule has 32 heavy (non-hydrogen) atoms. The van der Waals surface area contributed by atoms with E-state index in [0.717, 1.165) is 57.7 Å². The number of hydrogen-bond acceptors (Lipinski definition) is 4. The molecule has 0 atom stereocenters. The Morgan fingerprint density at radius 1 is 0.969 bits per heavy atom. The molecule has 2 fully saturated rings. The zero-order valence-electron chi connectivity index (χ0n) is 18.7. The summed E-state index contributed by atoms with van der Waals surface area (Å²) in [5.74, 6) is -0.378. The molecule has 2 heterocycles. The number of piperidine rings is 1. The number of alkyl halides is 3. The van der Waals surface area contributed by atoms with Gasteiger partial charge in [-0.15, -0.1) is 0 Å². The lowest BCUT2D eigenvalue weighted by Gasteiger charge is -2.32. The molecule has 2 amide bonds. The number of carbonyl (C=O) groups is 2. The molecule has 178 valence electrons. The van der Waals surface area contributed by atoms with Crippen LogP contribution in [-0.4, -0.2) is 85.9 Å². The van der Waals surface area contributed by atoms with Crippen LogP contribution >= 0.6 is 0 Å². The number of piperazine rings is 1. The van der Waals surface area contributed by atoms with E-state index in [9.17, 15) is 22.8 Å². The molecule has 2 aliphatic rings. The monoisotopic (exact) mass is 454 g/mol. The Balaban J connectivity index is 1.33. The molecule has 0 unspecified atom stereocenters. The van der Waals surface area contributed by atoms with Gasteiger partial charge in [-0.25, -0.2) is 0 Å². The molecular weight excluding hydrogens is 421 g/mol. The van der Waals surface area contributed by atoms with Crippen LogP contribution in [0.25, 0.3) is 0 Å². The van der Waals surface area contributed by atoms with Gasteiger partial charge in [-0.2, -0.15) is 13.2 Å². The van der Waals surface area contributed by atoms with Crippen molar-refractivity contribution >= 4 is 11.8 Å². The Morgan fingerprint density at radius 2 is 1.59 bits per heavy atom. The molecule has 0 spiro atoms. The first-order valence-electron chi connectivity index (χ1n) is 11.4. The van der Waals surface area contributed by atoms with Gasteiger partial charge in [-0.1, -0.05) is 0 Å². The van der Waals surface area contributed by atoms with Crippen LogP contribution in [0.1, 0.15) is 41.6 Å². The summed E-state index contributed by atoms with van der Waals surface area (Å²) in [5.41, 5.74) is -0.533. The lowest BCUT2D eigenvalue weighted by Crippen LogP contribution is -2.45. The fraction of sp³-hybridized carbons (Fsp3) is 0.652. The molecule has 1 aromatic carbocycles. The van der Waals surface area contributed by atoms with E-state index in [-0.39, 0.29) is 23.3 Å². The van der Waals surface area contributed by atoms with Crippen molar-refractivity contribution in [3.05, 3.63) is 35.4 Å². The predicted octanol–water partition coefficient (Wildman–Crippen LogP) is 2.70. The largest absolute Gasteiger partial charge is 0.416 e. The average Bonchev–Trinajstić information content (AvgIpc) is 2.79. The number of carbonyl (C=O) groups excluding carboxylic acids is 2. The predicted molar refractivity (Wildman–Crippen MR) is 116 cm³/mol. The molecule has 1 aromatic rings. The average molecular weight is 455 g/mol. The summed E-state index contributed by atoms with van der Waals surface area (Å²) < 4.78 is 38.1. The topological polar surface area (TPSA) is 55.9 Å². The number of likely N-dealkylation sites (tertiary alicyclic amines) is 1. The summed E-state index contributed by atoms with van der Waals surface area (Å²) >= 11 is 0. The van der Waals surface area contributed by atoms with Crippen molar-refractivity contribution < 1.29 is 22.8 Å². The van der Waals surface area contributed by atoms with E-state index in [1.807, 2.05) is 0 Å². The standard InChI is InChI=1S/C23H33F3N4O2/c1-28-14-16-29(17-15-28)11-3-2-10-27-21(31)18-8-12-30(13-9-18)22(32)19-4-6-20(7-5-19)23(24,25)26/h4-7,18H,2-3,8-17H2,1H3,(H,27,31). The van der Waals surface area contributed by atoms with E-state index in [1.165, 1.54) is 12.1 Å². The van der Waals surface area contributed by atoms with Gasteiger partial charge in [0.15, 0.2) is 0 Å². The van der Waals surface area contributed by atoms with E-state index in [0.29, 0.717) is 32.5 Å². The summed E-state index contributed by atoms with van der Waals surface area (Å²) in [7, 11) is 2.14.